The molecule has 0 aliphatic rings. The van der Waals surface area contributed by atoms with E-state index in [1.807, 2.05) is 16.8 Å². The Morgan fingerprint density at radius 3 is 3.04 bits per heavy atom. The maximum Gasteiger partial charge on any atom is 0.237 e. The monoisotopic (exact) mass is 346 g/mol. The third-order valence-electron chi connectivity index (χ3n) is 2.98. The first-order chi connectivity index (χ1) is 11.3. The van der Waals surface area contributed by atoms with Crippen LogP contribution in [0.1, 0.15) is 5.89 Å². The summed E-state index contributed by atoms with van der Waals surface area (Å²) in [4.78, 5) is 4.35. The summed E-state index contributed by atoms with van der Waals surface area (Å²) < 4.78 is 11.9. The van der Waals surface area contributed by atoms with E-state index in [-0.39, 0.29) is 0 Å². The molecule has 10 heteroatoms. The van der Waals surface area contributed by atoms with E-state index in [0.29, 0.717) is 34.2 Å². The average Bonchev–Trinajstić information content (AvgIpc) is 3.33. The summed E-state index contributed by atoms with van der Waals surface area (Å²) in [6.07, 6.45) is 1.56. The maximum absolute atomic E-state index is 5.99. The molecule has 0 atom stereocenters. The van der Waals surface area contributed by atoms with E-state index < -0.39 is 0 Å². The van der Waals surface area contributed by atoms with Crippen molar-refractivity contribution in [2.24, 2.45) is 0 Å². The molecule has 0 saturated carbocycles. The van der Waals surface area contributed by atoms with Crippen molar-refractivity contribution in [3.63, 3.8) is 0 Å². The van der Waals surface area contributed by atoms with Crippen molar-refractivity contribution >= 4 is 23.1 Å². The molecule has 0 radical (unpaired) electrons. The summed E-state index contributed by atoms with van der Waals surface area (Å²) in [6.45, 7) is 0. The molecule has 0 amide bonds. The van der Waals surface area contributed by atoms with E-state index in [4.69, 9.17) is 14.8 Å². The van der Waals surface area contributed by atoms with Gasteiger partial charge in [-0.1, -0.05) is 16.9 Å². The largest absolute Gasteiger partial charge is 0.461 e. The van der Waals surface area contributed by atoms with Crippen LogP contribution in [0.4, 0.5) is 0 Å². The normalized spacial score (nSPS) is 11.1. The minimum absolute atomic E-state index is 0.449. The fourth-order valence-electron chi connectivity index (χ4n) is 1.90. The van der Waals surface area contributed by atoms with E-state index in [0.717, 1.165) is 5.56 Å². The summed E-state index contributed by atoms with van der Waals surface area (Å²) in [6, 6.07) is 5.48. The molecule has 0 aliphatic carbocycles. The van der Waals surface area contributed by atoms with Crippen LogP contribution in [-0.2, 0) is 5.75 Å². The van der Waals surface area contributed by atoms with E-state index in [1.54, 1.807) is 29.7 Å². The Bertz CT molecular complexity index is 897. The van der Waals surface area contributed by atoms with Crippen LogP contribution >= 0.6 is 23.1 Å². The molecular formula is C13H10N6O2S2. The summed E-state index contributed by atoms with van der Waals surface area (Å²) >= 11 is 2.94. The van der Waals surface area contributed by atoms with Crippen LogP contribution in [0, 0.1) is 0 Å². The van der Waals surface area contributed by atoms with Crippen molar-refractivity contribution in [1.82, 2.24) is 25.0 Å². The molecule has 4 heterocycles. The number of furan rings is 1. The molecule has 8 nitrogen and oxygen atoms in total. The number of rotatable bonds is 5. The Morgan fingerprint density at radius 2 is 2.26 bits per heavy atom. The topological polar surface area (TPSA) is 109 Å². The molecule has 0 saturated heterocycles. The second-order valence-corrected chi connectivity index (χ2v) is 6.19. The molecule has 4 aromatic heterocycles. The van der Waals surface area contributed by atoms with Gasteiger partial charge in [-0.3, -0.25) is 0 Å². The summed E-state index contributed by atoms with van der Waals surface area (Å²) in [5.41, 5.74) is 0.942. The first kappa shape index (κ1) is 14.0. The third-order valence-corrected chi connectivity index (χ3v) is 4.59. The Balaban J connectivity index is 1.48. The maximum atomic E-state index is 5.99. The van der Waals surface area contributed by atoms with Gasteiger partial charge in [0.15, 0.2) is 5.76 Å². The minimum Gasteiger partial charge on any atom is -0.461 e. The first-order valence-electron chi connectivity index (χ1n) is 6.53. The lowest BCUT2D eigenvalue weighted by Crippen LogP contribution is -2.11. The lowest BCUT2D eigenvalue weighted by Gasteiger charge is -1.99. The number of aromatic nitrogens is 5. The molecular weight excluding hydrogens is 336 g/mol. The van der Waals surface area contributed by atoms with Crippen molar-refractivity contribution in [2.75, 3.05) is 5.84 Å². The van der Waals surface area contributed by atoms with Gasteiger partial charge in [-0.15, -0.1) is 10.2 Å². The standard InChI is InChI=1S/C13H10N6O2S2/c14-19-12(9-2-1-4-20-9)16-17-13(19)23-7-10-15-11(18-21-10)8-3-5-22-6-8/h1-6H,7,14H2. The summed E-state index contributed by atoms with van der Waals surface area (Å²) in [5.74, 6) is 8.53. The lowest BCUT2D eigenvalue weighted by atomic mass is 10.3. The van der Waals surface area contributed by atoms with E-state index >= 15 is 0 Å². The zero-order valence-electron chi connectivity index (χ0n) is 11.6. The fraction of sp³-hybridized carbons (Fsp3) is 0.0769. The van der Waals surface area contributed by atoms with Gasteiger partial charge in [0.05, 0.1) is 12.0 Å². The van der Waals surface area contributed by atoms with Crippen molar-refractivity contribution in [2.45, 2.75) is 10.9 Å². The zero-order chi connectivity index (χ0) is 15.6. The zero-order valence-corrected chi connectivity index (χ0v) is 13.3. The number of nitrogens with two attached hydrogens (primary N) is 1. The molecule has 0 aliphatic heterocycles. The second kappa shape index (κ2) is 5.89. The number of hydrogen-bond acceptors (Lipinski definition) is 9. The molecule has 0 spiro atoms. The van der Waals surface area contributed by atoms with Crippen LogP contribution < -0.4 is 5.84 Å². The van der Waals surface area contributed by atoms with Gasteiger partial charge >= 0.3 is 0 Å². The van der Waals surface area contributed by atoms with Crippen LogP contribution in [0.25, 0.3) is 23.0 Å². The lowest BCUT2D eigenvalue weighted by molar-refractivity contribution is 0.391. The summed E-state index contributed by atoms with van der Waals surface area (Å²) in [5, 5.41) is 16.5. The van der Waals surface area contributed by atoms with E-state index in [1.165, 1.54) is 16.4 Å². The van der Waals surface area contributed by atoms with Crippen LogP contribution in [0.3, 0.4) is 0 Å². The van der Waals surface area contributed by atoms with Gasteiger partial charge in [-0.2, -0.15) is 16.3 Å². The number of thiophene rings is 1. The molecule has 0 bridgehead atoms. The van der Waals surface area contributed by atoms with Crippen LogP contribution in [0.2, 0.25) is 0 Å². The summed E-state index contributed by atoms with van der Waals surface area (Å²) in [7, 11) is 0. The van der Waals surface area contributed by atoms with Crippen molar-refractivity contribution < 1.29 is 8.94 Å². The molecule has 0 unspecified atom stereocenters. The SMILES string of the molecule is Nn1c(SCc2nc(-c3ccsc3)no2)nnc1-c1ccco1. The Labute approximate surface area is 138 Å². The average molecular weight is 346 g/mol. The highest BCUT2D eigenvalue weighted by Gasteiger charge is 2.16. The molecule has 23 heavy (non-hydrogen) atoms. The van der Waals surface area contributed by atoms with Gasteiger partial charge in [0, 0.05) is 10.9 Å². The van der Waals surface area contributed by atoms with Gasteiger partial charge in [-0.25, -0.2) is 4.68 Å². The van der Waals surface area contributed by atoms with Gasteiger partial charge in [-0.05, 0) is 23.6 Å². The van der Waals surface area contributed by atoms with Gasteiger partial charge in [0.2, 0.25) is 22.7 Å². The Morgan fingerprint density at radius 1 is 1.30 bits per heavy atom. The predicted octanol–water partition coefficient (Wildman–Crippen LogP) is 2.66. The minimum atomic E-state index is 0.449. The molecule has 2 N–H and O–H groups in total. The van der Waals surface area contributed by atoms with Gasteiger partial charge in [0.25, 0.3) is 0 Å². The Hall–Kier alpha value is -2.59. The van der Waals surface area contributed by atoms with Crippen LogP contribution in [0.5, 0.6) is 0 Å². The highest BCUT2D eigenvalue weighted by atomic mass is 32.2. The smallest absolute Gasteiger partial charge is 0.237 e. The van der Waals surface area contributed by atoms with Crippen LogP contribution in [-0.4, -0.2) is 25.0 Å². The second-order valence-electron chi connectivity index (χ2n) is 4.47. The van der Waals surface area contributed by atoms with Crippen molar-refractivity contribution in [1.29, 1.82) is 0 Å². The fourth-order valence-corrected chi connectivity index (χ4v) is 3.23. The van der Waals surface area contributed by atoms with Crippen molar-refractivity contribution in [3.8, 4) is 23.0 Å². The molecule has 4 aromatic rings. The predicted molar refractivity (Wildman–Crippen MR) is 85.0 cm³/mol. The van der Waals surface area contributed by atoms with Gasteiger partial charge in [0.1, 0.15) is 0 Å². The molecule has 4 rings (SSSR count). The molecule has 0 aromatic carbocycles. The van der Waals surface area contributed by atoms with Gasteiger partial charge < -0.3 is 14.8 Å². The van der Waals surface area contributed by atoms with Crippen LogP contribution in [0.15, 0.2) is 49.3 Å². The molecule has 116 valence electrons. The highest BCUT2D eigenvalue weighted by Crippen LogP contribution is 2.25. The highest BCUT2D eigenvalue weighted by molar-refractivity contribution is 7.98. The number of nitrogens with zero attached hydrogens (tertiary/aromatic N) is 5. The van der Waals surface area contributed by atoms with E-state index in [2.05, 4.69) is 20.3 Å². The first-order valence-corrected chi connectivity index (χ1v) is 8.46. The third kappa shape index (κ3) is 2.73. The van der Waals surface area contributed by atoms with E-state index in [9.17, 15) is 0 Å². The number of nitrogen functional groups attached to an aromatic ring is 1. The Kier molecular flexibility index (Phi) is 3.60. The molecule has 0 fully saturated rings. The number of thioether (sulfide) groups is 1. The van der Waals surface area contributed by atoms with Crippen molar-refractivity contribution in [3.05, 3.63) is 41.1 Å². The number of hydrogen-bond donors (Lipinski definition) is 1. The quantitative estimate of drug-likeness (QED) is 0.434.